The molecule has 0 aromatic heterocycles. The lowest BCUT2D eigenvalue weighted by atomic mass is 10.1. The Bertz CT molecular complexity index is 321. The van der Waals surface area contributed by atoms with E-state index >= 15 is 0 Å². The quantitative estimate of drug-likeness (QED) is 0.806. The molecule has 0 fully saturated rings. The smallest absolute Gasteiger partial charge is 0.119 e. The van der Waals surface area contributed by atoms with E-state index in [0.717, 1.165) is 17.7 Å². The highest BCUT2D eigenvalue weighted by Crippen LogP contribution is 2.16. The van der Waals surface area contributed by atoms with E-state index in [1.807, 2.05) is 38.1 Å². The highest BCUT2D eigenvalue weighted by molar-refractivity contribution is 5.27. The van der Waals surface area contributed by atoms with Crippen LogP contribution in [0.5, 0.6) is 5.75 Å². The molecule has 0 spiro atoms. The van der Waals surface area contributed by atoms with E-state index in [1.54, 1.807) is 7.11 Å². The summed E-state index contributed by atoms with van der Waals surface area (Å²) in [7, 11) is 1.70. The summed E-state index contributed by atoms with van der Waals surface area (Å²) in [6.07, 6.45) is 0.826. The lowest BCUT2D eigenvalue weighted by Crippen LogP contribution is -2.25. The summed E-state index contributed by atoms with van der Waals surface area (Å²) in [5, 5.41) is 8.98. The van der Waals surface area contributed by atoms with Gasteiger partial charge in [-0.05, 0) is 31.5 Å². The second-order valence-corrected chi connectivity index (χ2v) is 4.37. The van der Waals surface area contributed by atoms with Crippen LogP contribution in [0.15, 0.2) is 24.3 Å². The molecule has 1 rings (SSSR count). The first kappa shape index (κ1) is 13.0. The van der Waals surface area contributed by atoms with Crippen molar-refractivity contribution in [3.63, 3.8) is 0 Å². The molecule has 0 bridgehead atoms. The maximum absolute atomic E-state index is 8.98. The molecule has 1 aromatic carbocycles. The third-order valence-corrected chi connectivity index (χ3v) is 2.61. The number of hydrogen-bond donors (Lipinski definition) is 1. The topological polar surface area (TPSA) is 38.7 Å². The zero-order valence-corrected chi connectivity index (χ0v) is 10.2. The Morgan fingerprint density at radius 1 is 1.31 bits per heavy atom. The van der Waals surface area contributed by atoms with Crippen molar-refractivity contribution in [2.75, 3.05) is 13.7 Å². The largest absolute Gasteiger partial charge is 0.493 e. The van der Waals surface area contributed by atoms with E-state index in [-0.39, 0.29) is 12.2 Å². The number of ether oxygens (including phenoxy) is 2. The molecule has 1 aromatic rings. The molecule has 90 valence electrons. The van der Waals surface area contributed by atoms with Gasteiger partial charge in [-0.3, -0.25) is 0 Å². The van der Waals surface area contributed by atoms with Crippen molar-refractivity contribution in [1.29, 1.82) is 0 Å². The van der Waals surface area contributed by atoms with Crippen molar-refractivity contribution < 1.29 is 14.6 Å². The third-order valence-electron chi connectivity index (χ3n) is 2.61. The predicted molar refractivity (Wildman–Crippen MR) is 63.6 cm³/mol. The summed E-state index contributed by atoms with van der Waals surface area (Å²) in [6, 6.07) is 7.48. The first-order valence-electron chi connectivity index (χ1n) is 5.45. The first-order valence-corrected chi connectivity index (χ1v) is 5.45. The molecule has 0 saturated heterocycles. The van der Waals surface area contributed by atoms with Gasteiger partial charge in [-0.25, -0.2) is 0 Å². The first-order chi connectivity index (χ1) is 7.57. The van der Waals surface area contributed by atoms with Crippen molar-refractivity contribution in [3.05, 3.63) is 29.8 Å². The zero-order chi connectivity index (χ0) is 12.0. The maximum Gasteiger partial charge on any atom is 0.119 e. The summed E-state index contributed by atoms with van der Waals surface area (Å²) in [6.45, 7) is 4.71. The summed E-state index contributed by atoms with van der Waals surface area (Å²) >= 11 is 0. The number of benzene rings is 1. The van der Waals surface area contributed by atoms with E-state index < -0.39 is 0 Å². The molecule has 0 unspecified atom stereocenters. The van der Waals surface area contributed by atoms with Crippen LogP contribution in [0, 0.1) is 0 Å². The van der Waals surface area contributed by atoms with Gasteiger partial charge in [0.15, 0.2) is 0 Å². The molecule has 0 amide bonds. The second kappa shape index (κ2) is 5.87. The molecule has 1 N–H and O–H groups in total. The second-order valence-electron chi connectivity index (χ2n) is 4.37. The summed E-state index contributed by atoms with van der Waals surface area (Å²) < 4.78 is 10.9. The minimum Gasteiger partial charge on any atom is -0.493 e. The summed E-state index contributed by atoms with van der Waals surface area (Å²) in [5.74, 6) is 0.790. The van der Waals surface area contributed by atoms with Crippen molar-refractivity contribution in [2.24, 2.45) is 0 Å². The number of methoxy groups -OCH3 is 1. The van der Waals surface area contributed by atoms with Crippen molar-refractivity contribution in [3.8, 4) is 5.75 Å². The van der Waals surface area contributed by atoms with Gasteiger partial charge in [0.05, 0.1) is 18.8 Å². The zero-order valence-electron chi connectivity index (χ0n) is 10.2. The maximum atomic E-state index is 8.98. The summed E-state index contributed by atoms with van der Waals surface area (Å²) in [5.41, 5.74) is 0.706. The van der Waals surface area contributed by atoms with Crippen LogP contribution < -0.4 is 4.74 Å². The van der Waals surface area contributed by atoms with Gasteiger partial charge in [0.1, 0.15) is 5.75 Å². The lowest BCUT2D eigenvalue weighted by molar-refractivity contribution is 0.00544. The molecule has 0 aliphatic rings. The molecular formula is C13H20O3. The van der Waals surface area contributed by atoms with Crippen LogP contribution in [-0.4, -0.2) is 24.4 Å². The molecule has 0 heterocycles. The van der Waals surface area contributed by atoms with E-state index in [0.29, 0.717) is 6.61 Å². The van der Waals surface area contributed by atoms with Crippen LogP contribution >= 0.6 is 0 Å². The third kappa shape index (κ3) is 4.21. The van der Waals surface area contributed by atoms with Crippen molar-refractivity contribution >= 4 is 0 Å². The molecule has 0 atom stereocenters. The van der Waals surface area contributed by atoms with Gasteiger partial charge in [0, 0.05) is 13.5 Å². The number of aliphatic hydroxyl groups excluding tert-OH is 1. The van der Waals surface area contributed by atoms with Crippen LogP contribution in [0.1, 0.15) is 25.8 Å². The van der Waals surface area contributed by atoms with E-state index in [9.17, 15) is 0 Å². The minimum absolute atomic E-state index is 0.0424. The Balaban J connectivity index is 2.42. The SMILES string of the molecule is COC(C)(C)CCOc1cccc(CO)c1. The average Bonchev–Trinajstić information content (AvgIpc) is 2.29. The lowest BCUT2D eigenvalue weighted by Gasteiger charge is -2.22. The number of hydrogen-bond acceptors (Lipinski definition) is 3. The molecule has 16 heavy (non-hydrogen) atoms. The number of rotatable bonds is 6. The van der Waals surface area contributed by atoms with Crippen LogP contribution in [0.2, 0.25) is 0 Å². The summed E-state index contributed by atoms with van der Waals surface area (Å²) in [4.78, 5) is 0. The Kier molecular flexibility index (Phi) is 4.77. The molecule has 0 aliphatic heterocycles. The van der Waals surface area contributed by atoms with Gasteiger partial charge in [-0.1, -0.05) is 12.1 Å². The average molecular weight is 224 g/mol. The van der Waals surface area contributed by atoms with Gasteiger partial charge in [0.25, 0.3) is 0 Å². The molecule has 0 radical (unpaired) electrons. The van der Waals surface area contributed by atoms with Gasteiger partial charge in [0.2, 0.25) is 0 Å². The molecule has 0 saturated carbocycles. The van der Waals surface area contributed by atoms with E-state index in [4.69, 9.17) is 14.6 Å². The van der Waals surface area contributed by atoms with Crippen LogP contribution in [0.3, 0.4) is 0 Å². The monoisotopic (exact) mass is 224 g/mol. The van der Waals surface area contributed by atoms with Crippen molar-refractivity contribution in [2.45, 2.75) is 32.5 Å². The minimum atomic E-state index is -0.158. The van der Waals surface area contributed by atoms with E-state index in [1.165, 1.54) is 0 Å². The fourth-order valence-electron chi connectivity index (χ4n) is 1.25. The molecule has 0 aliphatic carbocycles. The van der Waals surface area contributed by atoms with E-state index in [2.05, 4.69) is 0 Å². The van der Waals surface area contributed by atoms with Gasteiger partial charge in [-0.2, -0.15) is 0 Å². The Hall–Kier alpha value is -1.06. The fourth-order valence-corrected chi connectivity index (χ4v) is 1.25. The normalized spacial score (nSPS) is 11.5. The highest BCUT2D eigenvalue weighted by Gasteiger charge is 2.15. The standard InChI is InChI=1S/C13H20O3/c1-13(2,15-3)7-8-16-12-6-4-5-11(9-12)10-14/h4-6,9,14H,7-8,10H2,1-3H3. The van der Waals surface area contributed by atoms with Gasteiger partial charge < -0.3 is 14.6 Å². The van der Waals surface area contributed by atoms with Crippen LogP contribution in [-0.2, 0) is 11.3 Å². The van der Waals surface area contributed by atoms with Crippen molar-refractivity contribution in [1.82, 2.24) is 0 Å². The van der Waals surface area contributed by atoms with Crippen LogP contribution in [0.4, 0.5) is 0 Å². The van der Waals surface area contributed by atoms with Crippen LogP contribution in [0.25, 0.3) is 0 Å². The Morgan fingerprint density at radius 3 is 2.69 bits per heavy atom. The van der Waals surface area contributed by atoms with Gasteiger partial charge >= 0.3 is 0 Å². The molecule has 3 nitrogen and oxygen atoms in total. The number of aliphatic hydroxyl groups is 1. The molecule has 3 heteroatoms. The molecular weight excluding hydrogens is 204 g/mol. The van der Waals surface area contributed by atoms with Gasteiger partial charge in [-0.15, -0.1) is 0 Å². The predicted octanol–water partition coefficient (Wildman–Crippen LogP) is 2.37. The Labute approximate surface area is 97.0 Å². The Morgan fingerprint density at radius 2 is 2.06 bits per heavy atom. The highest BCUT2D eigenvalue weighted by atomic mass is 16.5. The fraction of sp³-hybridized carbons (Fsp3) is 0.538.